The zero-order valence-electron chi connectivity index (χ0n) is 11.7. The topological polar surface area (TPSA) is 85.1 Å². The molecule has 1 fully saturated rings. The van der Waals surface area contributed by atoms with Crippen molar-refractivity contribution in [3.05, 3.63) is 42.1 Å². The van der Waals surface area contributed by atoms with Crippen LogP contribution in [0.1, 0.15) is 12.1 Å². The summed E-state index contributed by atoms with van der Waals surface area (Å²) in [7, 11) is -2.89. The number of nitrogens with one attached hydrogen (secondary N) is 1. The first kappa shape index (κ1) is 14.4. The Kier molecular flexibility index (Phi) is 3.93. The number of nitrogens with two attached hydrogens (primary N) is 1. The molecule has 2 atom stereocenters. The van der Waals surface area contributed by atoms with Crippen molar-refractivity contribution in [2.75, 3.05) is 11.5 Å². The monoisotopic (exact) mass is 305 g/mol. The molecule has 1 aliphatic rings. The quantitative estimate of drug-likeness (QED) is 0.651. The summed E-state index contributed by atoms with van der Waals surface area (Å²) in [6.07, 6.45) is 1.31. The number of hydrazine groups is 1. The molecule has 0 amide bonds. The Balaban J connectivity index is 1.79. The average Bonchev–Trinajstić information content (AvgIpc) is 2.84. The van der Waals surface area contributed by atoms with Gasteiger partial charge in [0.15, 0.2) is 9.84 Å². The molecule has 2 heterocycles. The Hall–Kier alpha value is -1.50. The van der Waals surface area contributed by atoms with Crippen LogP contribution in [0.15, 0.2) is 36.4 Å². The molecule has 0 aliphatic carbocycles. The summed E-state index contributed by atoms with van der Waals surface area (Å²) in [5, 5.41) is 1.10. The molecule has 3 N–H and O–H groups in total. The lowest BCUT2D eigenvalue weighted by atomic mass is 9.95. The first-order valence-corrected chi connectivity index (χ1v) is 8.91. The number of sulfone groups is 1. The molecule has 21 heavy (non-hydrogen) atoms. The Morgan fingerprint density at radius 1 is 1.29 bits per heavy atom. The largest absolute Gasteiger partial charge is 0.271 e. The summed E-state index contributed by atoms with van der Waals surface area (Å²) in [5.74, 6) is 6.17. The number of rotatable bonds is 4. The van der Waals surface area contributed by atoms with E-state index in [1.165, 1.54) is 0 Å². The molecule has 1 aliphatic heterocycles. The number of fused-ring (bicyclic) bond motifs is 1. The summed E-state index contributed by atoms with van der Waals surface area (Å²) in [6, 6.07) is 11.9. The second kappa shape index (κ2) is 5.71. The molecule has 3 rings (SSSR count). The molecule has 112 valence electrons. The minimum absolute atomic E-state index is 0.0593. The standard InChI is InChI=1S/C15H19N3O2S/c16-18-15(12-7-8-21(19,20)10-12)9-13-6-5-11-3-1-2-4-14(11)17-13/h1-6,12,15,18H,7-10,16H2. The maximum atomic E-state index is 11.6. The first-order chi connectivity index (χ1) is 10.1. The number of benzene rings is 1. The molecule has 0 bridgehead atoms. The van der Waals surface area contributed by atoms with Gasteiger partial charge >= 0.3 is 0 Å². The van der Waals surface area contributed by atoms with E-state index in [2.05, 4.69) is 10.4 Å². The van der Waals surface area contributed by atoms with E-state index in [9.17, 15) is 8.42 Å². The van der Waals surface area contributed by atoms with Gasteiger partial charge in [0.1, 0.15) is 0 Å². The third-order valence-corrected chi connectivity index (χ3v) is 5.93. The van der Waals surface area contributed by atoms with Crippen molar-refractivity contribution in [1.82, 2.24) is 10.4 Å². The van der Waals surface area contributed by atoms with Gasteiger partial charge in [-0.25, -0.2) is 8.42 Å². The second-order valence-corrected chi connectivity index (χ2v) is 7.86. The maximum absolute atomic E-state index is 11.6. The molecule has 0 saturated carbocycles. The van der Waals surface area contributed by atoms with Gasteiger partial charge in [0, 0.05) is 23.5 Å². The second-order valence-electron chi connectivity index (χ2n) is 5.64. The number of hydrogen-bond acceptors (Lipinski definition) is 5. The fourth-order valence-corrected chi connectivity index (χ4v) is 4.83. The van der Waals surface area contributed by atoms with Gasteiger partial charge in [0.2, 0.25) is 0 Å². The number of hydrogen-bond donors (Lipinski definition) is 2. The van der Waals surface area contributed by atoms with Crippen LogP contribution in [-0.2, 0) is 16.3 Å². The van der Waals surface area contributed by atoms with Crippen molar-refractivity contribution in [2.45, 2.75) is 18.9 Å². The van der Waals surface area contributed by atoms with Gasteiger partial charge in [-0.15, -0.1) is 0 Å². The van der Waals surface area contributed by atoms with E-state index in [0.717, 1.165) is 16.6 Å². The molecule has 5 nitrogen and oxygen atoms in total. The van der Waals surface area contributed by atoms with Crippen LogP contribution < -0.4 is 11.3 Å². The predicted octanol–water partition coefficient (Wildman–Crippen LogP) is 1.04. The predicted molar refractivity (Wildman–Crippen MR) is 83.3 cm³/mol. The molecule has 2 unspecified atom stereocenters. The Morgan fingerprint density at radius 2 is 2.10 bits per heavy atom. The van der Waals surface area contributed by atoms with E-state index in [1.54, 1.807) is 0 Å². The summed E-state index contributed by atoms with van der Waals surface area (Å²) in [5.41, 5.74) is 4.65. The SMILES string of the molecule is NNC(Cc1ccc2ccccc2n1)C1CCS(=O)(=O)C1. The minimum Gasteiger partial charge on any atom is -0.271 e. The fraction of sp³-hybridized carbons (Fsp3) is 0.400. The molecule has 0 spiro atoms. The Labute approximate surface area is 124 Å². The zero-order valence-corrected chi connectivity index (χ0v) is 12.5. The third-order valence-electron chi connectivity index (χ3n) is 4.14. The zero-order chi connectivity index (χ0) is 14.9. The van der Waals surface area contributed by atoms with E-state index < -0.39 is 9.84 Å². The normalized spacial score (nSPS) is 22.4. The summed E-state index contributed by atoms with van der Waals surface area (Å²) < 4.78 is 23.2. The van der Waals surface area contributed by atoms with Gasteiger partial charge in [-0.2, -0.15) is 0 Å². The van der Waals surface area contributed by atoms with Crippen molar-refractivity contribution in [1.29, 1.82) is 0 Å². The lowest BCUT2D eigenvalue weighted by Gasteiger charge is -2.21. The van der Waals surface area contributed by atoms with Crippen LogP contribution in [0.3, 0.4) is 0 Å². The molecule has 0 radical (unpaired) electrons. The minimum atomic E-state index is -2.89. The highest BCUT2D eigenvalue weighted by atomic mass is 32.2. The Morgan fingerprint density at radius 3 is 2.81 bits per heavy atom. The number of pyridine rings is 1. The van der Waals surface area contributed by atoms with E-state index in [0.29, 0.717) is 12.8 Å². The van der Waals surface area contributed by atoms with E-state index in [-0.39, 0.29) is 23.5 Å². The van der Waals surface area contributed by atoms with Crippen LogP contribution in [0, 0.1) is 5.92 Å². The lowest BCUT2D eigenvalue weighted by molar-refractivity contribution is 0.383. The van der Waals surface area contributed by atoms with Crippen LogP contribution in [-0.4, -0.2) is 30.9 Å². The van der Waals surface area contributed by atoms with Gasteiger partial charge in [-0.3, -0.25) is 16.3 Å². The number of para-hydroxylation sites is 1. The van der Waals surface area contributed by atoms with Crippen LogP contribution >= 0.6 is 0 Å². The summed E-state index contributed by atoms with van der Waals surface area (Å²) in [6.45, 7) is 0. The highest BCUT2D eigenvalue weighted by molar-refractivity contribution is 7.91. The van der Waals surface area contributed by atoms with Gasteiger partial charge in [0.25, 0.3) is 0 Å². The number of nitrogens with zero attached hydrogens (tertiary/aromatic N) is 1. The van der Waals surface area contributed by atoms with E-state index in [1.807, 2.05) is 36.4 Å². The van der Waals surface area contributed by atoms with Gasteiger partial charge in [-0.05, 0) is 24.5 Å². The van der Waals surface area contributed by atoms with Crippen molar-refractivity contribution >= 4 is 20.7 Å². The molecular weight excluding hydrogens is 286 g/mol. The molecular formula is C15H19N3O2S. The smallest absolute Gasteiger partial charge is 0.150 e. The van der Waals surface area contributed by atoms with Crippen molar-refractivity contribution < 1.29 is 8.42 Å². The highest BCUT2D eigenvalue weighted by Gasteiger charge is 2.33. The first-order valence-electron chi connectivity index (χ1n) is 7.08. The molecule has 2 aromatic rings. The summed E-state index contributed by atoms with van der Waals surface area (Å²) >= 11 is 0. The molecule has 1 aromatic heterocycles. The average molecular weight is 305 g/mol. The number of aromatic nitrogens is 1. The fourth-order valence-electron chi connectivity index (χ4n) is 2.95. The summed E-state index contributed by atoms with van der Waals surface area (Å²) in [4.78, 5) is 4.63. The highest BCUT2D eigenvalue weighted by Crippen LogP contribution is 2.24. The molecule has 6 heteroatoms. The van der Waals surface area contributed by atoms with Crippen LogP contribution in [0.25, 0.3) is 10.9 Å². The van der Waals surface area contributed by atoms with Gasteiger partial charge < -0.3 is 0 Å². The Bertz CT molecular complexity index is 745. The van der Waals surface area contributed by atoms with Crippen molar-refractivity contribution in [2.24, 2.45) is 11.8 Å². The third kappa shape index (κ3) is 3.23. The van der Waals surface area contributed by atoms with Gasteiger partial charge in [-0.1, -0.05) is 24.3 Å². The van der Waals surface area contributed by atoms with E-state index in [4.69, 9.17) is 5.84 Å². The van der Waals surface area contributed by atoms with Crippen LogP contribution in [0.4, 0.5) is 0 Å². The maximum Gasteiger partial charge on any atom is 0.150 e. The lowest BCUT2D eigenvalue weighted by Crippen LogP contribution is -2.43. The molecule has 1 saturated heterocycles. The molecule has 1 aromatic carbocycles. The van der Waals surface area contributed by atoms with Crippen LogP contribution in [0.5, 0.6) is 0 Å². The van der Waals surface area contributed by atoms with E-state index >= 15 is 0 Å². The van der Waals surface area contributed by atoms with Crippen molar-refractivity contribution in [3.8, 4) is 0 Å². The van der Waals surface area contributed by atoms with Crippen molar-refractivity contribution in [3.63, 3.8) is 0 Å². The van der Waals surface area contributed by atoms with Gasteiger partial charge in [0.05, 0.1) is 17.0 Å². The van der Waals surface area contributed by atoms with Crippen LogP contribution in [0.2, 0.25) is 0 Å².